The zero-order chi connectivity index (χ0) is 25.5. The molecule has 190 valence electrons. The number of rotatable bonds is 13. The van der Waals surface area contributed by atoms with Crippen molar-refractivity contribution >= 4 is 24.0 Å². The average molecular weight is 516 g/mol. The zero-order valence-electron chi connectivity index (χ0n) is 20.4. The van der Waals surface area contributed by atoms with E-state index in [9.17, 15) is 17.9 Å². The lowest BCUT2D eigenvalue weighted by Gasteiger charge is -2.31. The van der Waals surface area contributed by atoms with Crippen molar-refractivity contribution in [2.24, 2.45) is 0 Å². The summed E-state index contributed by atoms with van der Waals surface area (Å²) in [4.78, 5) is 9.29. The van der Waals surface area contributed by atoms with E-state index in [4.69, 9.17) is 18.7 Å². The molecule has 0 saturated carbocycles. The second kappa shape index (κ2) is 12.0. The fraction of sp³-hybridized carbons (Fsp3) is 0.478. The molecule has 0 saturated heterocycles. The van der Waals surface area contributed by atoms with Crippen LogP contribution in [0.2, 0.25) is 0 Å². The largest absolute Gasteiger partial charge is 0.465 e. The summed E-state index contributed by atoms with van der Waals surface area (Å²) in [5.41, 5.74) is 4.20. The number of anilines is 1. The van der Waals surface area contributed by atoms with Crippen molar-refractivity contribution in [3.63, 3.8) is 0 Å². The lowest BCUT2D eigenvalue weighted by atomic mass is 9.95. The van der Waals surface area contributed by atoms with E-state index < -0.39 is 24.1 Å². The number of methoxy groups -OCH3 is 1. The van der Waals surface area contributed by atoms with Crippen LogP contribution in [0.3, 0.4) is 0 Å². The van der Waals surface area contributed by atoms with Crippen LogP contribution in [0.5, 0.6) is 11.5 Å². The van der Waals surface area contributed by atoms with E-state index in [1.54, 1.807) is 12.1 Å². The van der Waals surface area contributed by atoms with Crippen LogP contribution < -0.4 is 14.2 Å². The van der Waals surface area contributed by atoms with Crippen molar-refractivity contribution in [2.75, 3.05) is 24.9 Å². The summed E-state index contributed by atoms with van der Waals surface area (Å²) in [7, 11) is -5.19. The molecule has 0 spiro atoms. The molecule has 1 unspecified atom stereocenters. The number of hydrogen-bond acceptors (Lipinski definition) is 7. The van der Waals surface area contributed by atoms with E-state index in [1.807, 2.05) is 45.9 Å². The molecule has 34 heavy (non-hydrogen) atoms. The van der Waals surface area contributed by atoms with Gasteiger partial charge in [-0.05, 0) is 66.8 Å². The minimum absolute atomic E-state index is 0.0105. The summed E-state index contributed by atoms with van der Waals surface area (Å²) >= 11 is 0. The topological polar surface area (TPSA) is 120 Å². The van der Waals surface area contributed by atoms with Gasteiger partial charge in [0.15, 0.2) is 6.79 Å². The molecule has 0 amide bonds. The predicted octanol–water partition coefficient (Wildman–Crippen LogP) is 4.54. The van der Waals surface area contributed by atoms with E-state index in [-0.39, 0.29) is 6.79 Å². The van der Waals surface area contributed by atoms with Gasteiger partial charge in [0, 0.05) is 20.0 Å². The Morgan fingerprint density at radius 2 is 1.71 bits per heavy atom. The van der Waals surface area contributed by atoms with Gasteiger partial charge in [-0.1, -0.05) is 19.9 Å². The van der Waals surface area contributed by atoms with Gasteiger partial charge < -0.3 is 19.1 Å². The molecule has 0 radical (unpaired) electrons. The number of aryl methyl sites for hydroxylation is 2. The third kappa shape index (κ3) is 7.99. The first kappa shape index (κ1) is 28.1. The first-order valence-electron chi connectivity index (χ1n) is 10.9. The normalized spacial score (nSPS) is 12.9. The SMILES string of the molecule is CCC(CC)(Oc1cc(C)c(Cc2ccc(OCOC)c(NS(C)(=O)=O)c2)c(C)c1)O[PH](=O)O. The van der Waals surface area contributed by atoms with E-state index in [0.29, 0.717) is 36.4 Å². The lowest BCUT2D eigenvalue weighted by molar-refractivity contribution is -0.119. The van der Waals surface area contributed by atoms with Crippen LogP contribution in [-0.4, -0.2) is 39.3 Å². The highest BCUT2D eigenvalue weighted by molar-refractivity contribution is 7.92. The van der Waals surface area contributed by atoms with Gasteiger partial charge in [0.2, 0.25) is 15.8 Å². The summed E-state index contributed by atoms with van der Waals surface area (Å²) in [5.74, 6) is -0.254. The Morgan fingerprint density at radius 1 is 1.09 bits per heavy atom. The number of nitrogens with one attached hydrogen (secondary N) is 1. The van der Waals surface area contributed by atoms with E-state index >= 15 is 0 Å². The quantitative estimate of drug-likeness (QED) is 0.295. The fourth-order valence-corrected chi connectivity index (χ4v) is 4.85. The molecule has 0 aromatic heterocycles. The molecule has 0 aliphatic carbocycles. The van der Waals surface area contributed by atoms with Crippen molar-refractivity contribution in [2.45, 2.75) is 52.7 Å². The van der Waals surface area contributed by atoms with E-state index in [2.05, 4.69) is 4.72 Å². The predicted molar refractivity (Wildman–Crippen MR) is 132 cm³/mol. The van der Waals surface area contributed by atoms with Crippen molar-refractivity contribution in [1.29, 1.82) is 0 Å². The lowest BCUT2D eigenvalue weighted by Crippen LogP contribution is -2.36. The molecule has 0 heterocycles. The highest BCUT2D eigenvalue weighted by atomic mass is 32.2. The summed E-state index contributed by atoms with van der Waals surface area (Å²) in [5, 5.41) is 0. The fourth-order valence-electron chi connectivity index (χ4n) is 3.64. The highest BCUT2D eigenvalue weighted by Gasteiger charge is 2.32. The summed E-state index contributed by atoms with van der Waals surface area (Å²) < 4.78 is 59.1. The first-order valence-corrected chi connectivity index (χ1v) is 14.0. The number of hydrogen-bond donors (Lipinski definition) is 2. The van der Waals surface area contributed by atoms with Crippen LogP contribution in [0.15, 0.2) is 30.3 Å². The molecule has 2 rings (SSSR count). The molecule has 1 atom stereocenters. The minimum atomic E-state index is -3.50. The molecule has 0 fully saturated rings. The summed E-state index contributed by atoms with van der Waals surface area (Å²) in [6, 6.07) is 9.04. The molecule has 11 heteroatoms. The monoisotopic (exact) mass is 515 g/mol. The van der Waals surface area contributed by atoms with Gasteiger partial charge in [-0.15, -0.1) is 0 Å². The number of sulfonamides is 1. The van der Waals surface area contributed by atoms with Crippen LogP contribution in [0.1, 0.15) is 48.9 Å². The third-order valence-corrected chi connectivity index (χ3v) is 6.51. The molecule has 0 bridgehead atoms. The van der Waals surface area contributed by atoms with E-state index in [1.165, 1.54) is 7.11 Å². The Bertz CT molecular complexity index is 1090. The molecule has 0 aliphatic rings. The zero-order valence-corrected chi connectivity index (χ0v) is 22.2. The highest BCUT2D eigenvalue weighted by Crippen LogP contribution is 2.36. The summed E-state index contributed by atoms with van der Waals surface area (Å²) in [6.07, 6.45) is 2.45. The second-order valence-electron chi connectivity index (χ2n) is 8.06. The smallest absolute Gasteiger partial charge is 0.319 e. The Balaban J connectivity index is 2.35. The van der Waals surface area contributed by atoms with Crippen LogP contribution in [0.25, 0.3) is 0 Å². The van der Waals surface area contributed by atoms with Gasteiger partial charge >= 0.3 is 8.25 Å². The maximum Gasteiger partial charge on any atom is 0.319 e. The van der Waals surface area contributed by atoms with Crippen molar-refractivity contribution in [1.82, 2.24) is 0 Å². The molecule has 9 nitrogen and oxygen atoms in total. The number of benzene rings is 2. The van der Waals surface area contributed by atoms with Gasteiger partial charge in [-0.3, -0.25) is 13.8 Å². The van der Waals surface area contributed by atoms with Gasteiger partial charge in [0.25, 0.3) is 0 Å². The van der Waals surface area contributed by atoms with Gasteiger partial charge in [0.1, 0.15) is 11.5 Å². The molecule has 0 aliphatic heterocycles. The van der Waals surface area contributed by atoms with Gasteiger partial charge in [-0.25, -0.2) is 8.42 Å². The minimum Gasteiger partial charge on any atom is -0.465 e. The molecular weight excluding hydrogens is 481 g/mol. The molecule has 2 aromatic rings. The van der Waals surface area contributed by atoms with Crippen LogP contribution in [0.4, 0.5) is 5.69 Å². The number of ether oxygens (including phenoxy) is 3. The molecular formula is C23H34NO8PS. The van der Waals surface area contributed by atoms with Crippen LogP contribution >= 0.6 is 8.25 Å². The molecule has 2 aromatic carbocycles. The van der Waals surface area contributed by atoms with Crippen molar-refractivity contribution in [3.05, 3.63) is 52.6 Å². The van der Waals surface area contributed by atoms with Crippen LogP contribution in [-0.2, 0) is 30.3 Å². The molecule has 2 N–H and O–H groups in total. The van der Waals surface area contributed by atoms with Gasteiger partial charge in [0.05, 0.1) is 11.9 Å². The summed E-state index contributed by atoms with van der Waals surface area (Å²) in [6.45, 7) is 7.57. The Hall–Kier alpha value is -2.10. The Morgan fingerprint density at radius 3 is 2.21 bits per heavy atom. The van der Waals surface area contributed by atoms with Crippen molar-refractivity contribution < 1.29 is 36.6 Å². The maximum atomic E-state index is 11.8. The van der Waals surface area contributed by atoms with Gasteiger partial charge in [-0.2, -0.15) is 0 Å². The maximum absolute atomic E-state index is 11.8. The standard InChI is InChI=1S/C23H34NO8PS/c1-7-23(8-2,32-33(25)26)31-19-11-16(3)20(17(4)12-19)13-18-9-10-22(30-15-29-5)21(14-18)24-34(6,27)28/h9-12,14,24,33H,7-8,13,15H2,1-6H3,(H,25,26). The van der Waals surface area contributed by atoms with E-state index in [0.717, 1.165) is 28.5 Å². The first-order chi connectivity index (χ1) is 15.9. The third-order valence-electron chi connectivity index (χ3n) is 5.38. The van der Waals surface area contributed by atoms with Crippen LogP contribution in [0, 0.1) is 13.8 Å². The second-order valence-corrected chi connectivity index (χ2v) is 10.5. The Kier molecular flexibility index (Phi) is 9.96. The van der Waals surface area contributed by atoms with Crippen molar-refractivity contribution in [3.8, 4) is 11.5 Å². The Labute approximate surface area is 202 Å². The average Bonchev–Trinajstić information content (AvgIpc) is 2.73.